The molecule has 0 aliphatic rings. The molecule has 1 aromatic heterocycles. The minimum absolute atomic E-state index is 0.116. The Hall–Kier alpha value is -4.32. The molecule has 1 heterocycles. The van der Waals surface area contributed by atoms with Crippen molar-refractivity contribution in [3.63, 3.8) is 0 Å². The normalized spacial score (nSPS) is 11.7. The number of aliphatic imine (C=N–C) groups is 2. The van der Waals surface area contributed by atoms with E-state index in [4.69, 9.17) is 4.74 Å². The number of methoxy groups -OCH3 is 1. The number of ether oxygens (including phenoxy) is 1. The number of amides is 1. The Morgan fingerprint density at radius 2 is 1.95 bits per heavy atom. The number of anilines is 3. The van der Waals surface area contributed by atoms with E-state index in [2.05, 4.69) is 37.3 Å². The lowest BCUT2D eigenvalue weighted by atomic mass is 10.1. The molecule has 206 valence electrons. The van der Waals surface area contributed by atoms with E-state index in [-0.39, 0.29) is 11.3 Å². The van der Waals surface area contributed by atoms with E-state index >= 15 is 0 Å². The summed E-state index contributed by atoms with van der Waals surface area (Å²) in [5.41, 5.74) is 2.24. The zero-order chi connectivity index (χ0) is 28.6. The van der Waals surface area contributed by atoms with Crippen molar-refractivity contribution >= 4 is 41.5 Å². The largest absolute Gasteiger partial charge is 0.383 e. The third-order valence-electron chi connectivity index (χ3n) is 5.79. The van der Waals surface area contributed by atoms with Crippen molar-refractivity contribution in [2.75, 3.05) is 44.6 Å². The molecule has 0 unspecified atom stereocenters. The van der Waals surface area contributed by atoms with Crippen LogP contribution in [0.2, 0.25) is 0 Å². The van der Waals surface area contributed by atoms with Crippen LogP contribution in [0.15, 0.2) is 58.8 Å². The quantitative estimate of drug-likeness (QED) is 0.263. The second-order valence-corrected chi connectivity index (χ2v) is 8.67. The maximum atomic E-state index is 13.8. The summed E-state index contributed by atoms with van der Waals surface area (Å²) in [6.07, 6.45) is 1.39. The summed E-state index contributed by atoms with van der Waals surface area (Å²) in [5, 5.41) is 5.79. The first-order valence-corrected chi connectivity index (χ1v) is 11.9. The van der Waals surface area contributed by atoms with E-state index in [9.17, 15) is 18.0 Å². The maximum absolute atomic E-state index is 13.8. The molecule has 3 rings (SSSR count). The summed E-state index contributed by atoms with van der Waals surface area (Å²) in [6, 6.07) is 9.87. The monoisotopic (exact) mass is 541 g/mol. The number of carbonyl (C=O) groups is 1. The molecule has 9 nitrogen and oxygen atoms in total. The Kier molecular flexibility index (Phi) is 9.72. The lowest BCUT2D eigenvalue weighted by molar-refractivity contribution is -0.0280. The standard InChI is InChI=1S/C27H30F3N7O2/c1-17-9-10-19(25(38)34-21-8-6-7-20(14-21)27(29,30)15-28)13-22(17)35-24-23(18(2)32-16-33-24)36-26(31-3)37(4)11-12-39-5/h6-10,13-14,16H,3,11-12,15H2,1-2,4-5H3,(H,34,38)(H,32,33,35). The number of guanidine groups is 1. The summed E-state index contributed by atoms with van der Waals surface area (Å²) in [4.78, 5) is 31.9. The van der Waals surface area contributed by atoms with Crippen LogP contribution in [-0.2, 0) is 10.7 Å². The Morgan fingerprint density at radius 1 is 1.18 bits per heavy atom. The molecule has 0 spiro atoms. The third kappa shape index (κ3) is 7.38. The number of rotatable bonds is 10. The number of nitrogens with one attached hydrogen (secondary N) is 2. The van der Waals surface area contributed by atoms with E-state index in [1.54, 1.807) is 44.2 Å². The molecule has 2 N–H and O–H groups in total. The van der Waals surface area contributed by atoms with Crippen LogP contribution in [0.25, 0.3) is 0 Å². The highest BCUT2D eigenvalue weighted by Gasteiger charge is 2.31. The van der Waals surface area contributed by atoms with Crippen molar-refractivity contribution in [2.24, 2.45) is 9.98 Å². The van der Waals surface area contributed by atoms with Gasteiger partial charge in [-0.3, -0.25) is 4.79 Å². The first-order valence-electron chi connectivity index (χ1n) is 11.9. The molecular weight excluding hydrogens is 511 g/mol. The fourth-order valence-corrected chi connectivity index (χ4v) is 3.49. The number of aromatic nitrogens is 2. The van der Waals surface area contributed by atoms with Gasteiger partial charge in [0, 0.05) is 43.2 Å². The molecule has 0 saturated heterocycles. The fourth-order valence-electron chi connectivity index (χ4n) is 3.49. The van der Waals surface area contributed by atoms with Gasteiger partial charge in [-0.1, -0.05) is 18.2 Å². The Balaban J connectivity index is 1.89. The van der Waals surface area contributed by atoms with E-state index in [1.807, 2.05) is 6.92 Å². The van der Waals surface area contributed by atoms with Gasteiger partial charge in [0.1, 0.15) is 12.0 Å². The molecular formula is C27H30F3N7O2. The second kappa shape index (κ2) is 13.0. The second-order valence-electron chi connectivity index (χ2n) is 8.67. The first-order chi connectivity index (χ1) is 18.6. The van der Waals surface area contributed by atoms with Crippen molar-refractivity contribution in [3.05, 3.63) is 71.2 Å². The van der Waals surface area contributed by atoms with E-state index in [1.165, 1.54) is 18.5 Å². The Morgan fingerprint density at radius 3 is 2.64 bits per heavy atom. The zero-order valence-electron chi connectivity index (χ0n) is 22.1. The van der Waals surface area contributed by atoms with Gasteiger partial charge in [0.15, 0.2) is 12.5 Å². The smallest absolute Gasteiger partial charge is 0.301 e. The van der Waals surface area contributed by atoms with Crippen LogP contribution in [0.1, 0.15) is 27.2 Å². The number of carbonyl (C=O) groups excluding carboxylic acids is 1. The minimum atomic E-state index is -3.64. The van der Waals surface area contributed by atoms with Crippen LogP contribution in [0, 0.1) is 13.8 Å². The zero-order valence-corrected chi connectivity index (χ0v) is 22.1. The summed E-state index contributed by atoms with van der Waals surface area (Å²) in [7, 11) is 3.40. The molecule has 0 fully saturated rings. The van der Waals surface area contributed by atoms with Crippen LogP contribution in [0.4, 0.5) is 36.1 Å². The predicted molar refractivity (Wildman–Crippen MR) is 147 cm³/mol. The van der Waals surface area contributed by atoms with Crippen molar-refractivity contribution in [1.29, 1.82) is 0 Å². The number of aryl methyl sites for hydroxylation is 2. The topological polar surface area (TPSA) is 104 Å². The molecule has 0 aliphatic carbocycles. The molecule has 3 aromatic rings. The van der Waals surface area contributed by atoms with Gasteiger partial charge < -0.3 is 20.3 Å². The van der Waals surface area contributed by atoms with Crippen LogP contribution in [-0.4, -0.2) is 67.4 Å². The average Bonchev–Trinajstić information content (AvgIpc) is 2.92. The summed E-state index contributed by atoms with van der Waals surface area (Å²) in [5.74, 6) is -3.45. The Bertz CT molecular complexity index is 1360. The predicted octanol–water partition coefficient (Wildman–Crippen LogP) is 5.42. The van der Waals surface area contributed by atoms with Crippen molar-refractivity contribution in [3.8, 4) is 0 Å². The van der Waals surface area contributed by atoms with Gasteiger partial charge in [0.2, 0.25) is 5.96 Å². The third-order valence-corrected chi connectivity index (χ3v) is 5.79. The lowest BCUT2D eigenvalue weighted by Crippen LogP contribution is -2.28. The number of alkyl halides is 3. The summed E-state index contributed by atoms with van der Waals surface area (Å²) < 4.78 is 45.4. The minimum Gasteiger partial charge on any atom is -0.383 e. The fraction of sp³-hybridized carbons (Fsp3) is 0.296. The molecule has 0 bridgehead atoms. The highest BCUT2D eigenvalue weighted by molar-refractivity contribution is 6.05. The molecule has 1 amide bonds. The van der Waals surface area contributed by atoms with Crippen LogP contribution >= 0.6 is 0 Å². The highest BCUT2D eigenvalue weighted by atomic mass is 19.3. The molecule has 0 radical (unpaired) electrons. The molecule has 2 aromatic carbocycles. The molecule has 0 aliphatic heterocycles. The molecule has 0 atom stereocenters. The highest BCUT2D eigenvalue weighted by Crippen LogP contribution is 2.32. The average molecular weight is 542 g/mol. The number of hydrogen-bond donors (Lipinski definition) is 2. The van der Waals surface area contributed by atoms with Gasteiger partial charge in [0.25, 0.3) is 5.91 Å². The number of benzene rings is 2. The van der Waals surface area contributed by atoms with Gasteiger partial charge in [-0.2, -0.15) is 8.78 Å². The van der Waals surface area contributed by atoms with Gasteiger partial charge >= 0.3 is 5.92 Å². The SMILES string of the molecule is C=NC(=Nc1c(C)ncnc1Nc1cc(C(=O)Nc2cccc(C(F)(F)CF)c2)ccc1C)N(C)CCOC. The number of halogens is 3. The van der Waals surface area contributed by atoms with Gasteiger partial charge in [-0.25, -0.2) is 24.3 Å². The summed E-state index contributed by atoms with van der Waals surface area (Å²) >= 11 is 0. The van der Waals surface area contributed by atoms with Crippen LogP contribution < -0.4 is 10.6 Å². The molecule has 39 heavy (non-hydrogen) atoms. The van der Waals surface area contributed by atoms with Gasteiger partial charge in [0.05, 0.1) is 12.3 Å². The van der Waals surface area contributed by atoms with Crippen molar-refractivity contribution < 1.29 is 22.7 Å². The maximum Gasteiger partial charge on any atom is 0.301 e. The van der Waals surface area contributed by atoms with Crippen molar-refractivity contribution in [1.82, 2.24) is 14.9 Å². The number of hydrogen-bond acceptors (Lipinski definition) is 6. The number of likely N-dealkylation sites (N-methyl/N-ethyl adjacent to an activating group) is 1. The Labute approximate surface area is 224 Å². The van der Waals surface area contributed by atoms with Crippen LogP contribution in [0.3, 0.4) is 0 Å². The van der Waals surface area contributed by atoms with Crippen molar-refractivity contribution in [2.45, 2.75) is 19.8 Å². The molecule has 12 heteroatoms. The van der Waals surface area contributed by atoms with E-state index in [0.29, 0.717) is 42.0 Å². The van der Waals surface area contributed by atoms with Gasteiger partial charge in [-0.05, 0) is 50.4 Å². The summed E-state index contributed by atoms with van der Waals surface area (Å²) in [6.45, 7) is 6.40. The lowest BCUT2D eigenvalue weighted by Gasteiger charge is -2.18. The van der Waals surface area contributed by atoms with E-state index in [0.717, 1.165) is 17.7 Å². The number of nitrogens with zero attached hydrogens (tertiary/aromatic N) is 5. The first kappa shape index (κ1) is 29.2. The van der Waals surface area contributed by atoms with Gasteiger partial charge in [-0.15, -0.1) is 0 Å². The van der Waals surface area contributed by atoms with E-state index < -0.39 is 24.1 Å². The molecule has 0 saturated carbocycles. The van der Waals surface area contributed by atoms with Crippen LogP contribution in [0.5, 0.6) is 0 Å².